The molecule has 0 spiro atoms. The summed E-state index contributed by atoms with van der Waals surface area (Å²) in [5, 5.41) is 61.0. The van der Waals surface area contributed by atoms with Crippen molar-refractivity contribution >= 4 is 39.2 Å². The van der Waals surface area contributed by atoms with Crippen molar-refractivity contribution in [1.82, 2.24) is 14.7 Å². The second-order valence-electron chi connectivity index (χ2n) is 22.1. The number of nitrogens with zero attached hydrogens (tertiary/aromatic N) is 4. The Labute approximate surface area is 480 Å². The zero-order valence-corrected chi connectivity index (χ0v) is 52.6. The second kappa shape index (κ2) is 47.6. The predicted molar refractivity (Wildman–Crippen MR) is 310 cm³/mol. The minimum Gasteiger partial charge on any atom is -0.748 e. The van der Waals surface area contributed by atoms with Gasteiger partial charge < -0.3 is 57.5 Å². The maximum Gasteiger partial charge on any atom is 0.501 e. The van der Waals surface area contributed by atoms with Gasteiger partial charge in [-0.2, -0.15) is 8.42 Å². The molecule has 4 atom stereocenters. The SMILES string of the molecule is CCCCCCCCCCCCCCCCCC[N+](C)(CCCCCCCCCC)CCC[Si](OCCN(CCO)CC(O)CS(=O)(=O)[O-])(OCCN(CCO)CC(O)CS(=O)(=O)[O-])OCCN(CCO)CC(O)CS(=O)(=O)O. The van der Waals surface area contributed by atoms with Crippen molar-refractivity contribution in [1.29, 1.82) is 0 Å². The molecule has 7 N–H and O–H groups in total. The van der Waals surface area contributed by atoms with Gasteiger partial charge in [-0.15, -0.1) is 0 Å². The van der Waals surface area contributed by atoms with Crippen molar-refractivity contribution in [3.8, 4) is 0 Å². The van der Waals surface area contributed by atoms with Crippen molar-refractivity contribution in [3.63, 3.8) is 0 Å². The molecule has 0 aromatic rings. The number of aliphatic hydroxyl groups excluding tert-OH is 6. The molecule has 4 unspecified atom stereocenters. The molecule has 0 rings (SSSR count). The standard InChI is InChI=1S/C53H114N4O18S3Si/c1-4-6-8-10-12-14-15-16-17-18-19-20-21-23-25-27-36-57(3,35-26-24-22-13-11-9-7-5-2)37-28-44-79(73-41-32-54(29-38-58)45-51(61)48-76(64,65)66,74-42-33-55(30-39-59)46-52(62)49-77(67,68)69)75-43-34-56(31-40-60)47-53(63)50-78(70,71)72/h51-53,58-63H,4-50H2,1-3H3,(H2-,64,65,66,67,68,69,70,71,72)/p-1. The molecule has 0 saturated carbocycles. The van der Waals surface area contributed by atoms with E-state index in [9.17, 15) is 69.6 Å². The Morgan fingerprint density at radius 3 is 0.962 bits per heavy atom. The van der Waals surface area contributed by atoms with Crippen molar-refractivity contribution < 1.29 is 87.3 Å². The molecule has 22 nitrogen and oxygen atoms in total. The quantitative estimate of drug-likeness (QED) is 0.0195. The van der Waals surface area contributed by atoms with Gasteiger partial charge in [-0.3, -0.25) is 19.3 Å². The van der Waals surface area contributed by atoms with E-state index in [1.165, 1.54) is 138 Å². The third-order valence-electron chi connectivity index (χ3n) is 14.3. The van der Waals surface area contributed by atoms with Crippen LogP contribution < -0.4 is 0 Å². The van der Waals surface area contributed by atoms with Crippen LogP contribution in [0.4, 0.5) is 0 Å². The fraction of sp³-hybridized carbons (Fsp3) is 1.00. The van der Waals surface area contributed by atoms with Crippen LogP contribution in [0.3, 0.4) is 0 Å². The van der Waals surface area contributed by atoms with Crippen LogP contribution in [0.25, 0.3) is 0 Å². The van der Waals surface area contributed by atoms with Crippen molar-refractivity contribution in [2.75, 3.05) is 142 Å². The lowest BCUT2D eigenvalue weighted by atomic mass is 10.0. The van der Waals surface area contributed by atoms with Gasteiger partial charge in [0, 0.05) is 71.4 Å². The third-order valence-corrected chi connectivity index (χ3v) is 19.6. The molecular weight excluding hydrogens is 1100 g/mol. The van der Waals surface area contributed by atoms with Gasteiger partial charge in [0.25, 0.3) is 10.1 Å². The van der Waals surface area contributed by atoms with E-state index in [0.717, 1.165) is 49.8 Å². The summed E-state index contributed by atoms with van der Waals surface area (Å²) in [5.41, 5.74) is 0. The van der Waals surface area contributed by atoms with E-state index in [-0.39, 0.29) is 105 Å². The highest BCUT2D eigenvalue weighted by molar-refractivity contribution is 7.86. The molecule has 476 valence electrons. The minimum absolute atomic E-state index is 0.00511. The van der Waals surface area contributed by atoms with Gasteiger partial charge in [-0.05, 0) is 25.7 Å². The number of rotatable bonds is 60. The van der Waals surface area contributed by atoms with E-state index in [1.54, 1.807) is 4.90 Å². The number of hydrogen-bond donors (Lipinski definition) is 7. The number of unbranched alkanes of at least 4 members (excludes halogenated alkanes) is 22. The highest BCUT2D eigenvalue weighted by Gasteiger charge is 2.42. The molecule has 0 saturated heterocycles. The third kappa shape index (κ3) is 49.4. The second-order valence-corrected chi connectivity index (χ2v) is 29.3. The zero-order chi connectivity index (χ0) is 59.3. The Kier molecular flexibility index (Phi) is 47.3. The lowest BCUT2D eigenvalue weighted by molar-refractivity contribution is -0.910. The van der Waals surface area contributed by atoms with Crippen LogP contribution in [0.2, 0.25) is 6.04 Å². The molecule has 0 aromatic heterocycles. The fourth-order valence-corrected chi connectivity index (χ4v) is 14.3. The Hall–Kier alpha value is -0.573. The molecular formula is C53H113N4O18S3Si-. The molecule has 26 heteroatoms. The summed E-state index contributed by atoms with van der Waals surface area (Å²) in [7, 11) is -15.7. The summed E-state index contributed by atoms with van der Waals surface area (Å²) in [6, 6.07) is 0.261. The summed E-state index contributed by atoms with van der Waals surface area (Å²) in [6.07, 6.45) is 25.8. The lowest BCUT2D eigenvalue weighted by Crippen LogP contribution is -2.52. The Morgan fingerprint density at radius 2 is 0.696 bits per heavy atom. The van der Waals surface area contributed by atoms with E-state index in [1.807, 2.05) is 0 Å². The average Bonchev–Trinajstić information content (AvgIpc) is 3.33. The fourth-order valence-electron chi connectivity index (χ4n) is 10.1. The first-order chi connectivity index (χ1) is 37.4. The topological polar surface area (TPSA) is 328 Å². The van der Waals surface area contributed by atoms with Crippen LogP contribution in [0.5, 0.6) is 0 Å². The molecule has 79 heavy (non-hydrogen) atoms. The molecule has 0 aromatic carbocycles. The van der Waals surface area contributed by atoms with Crippen molar-refractivity contribution in [3.05, 3.63) is 0 Å². The normalized spacial score (nSPS) is 15.5. The Morgan fingerprint density at radius 1 is 0.430 bits per heavy atom. The summed E-state index contributed by atoms with van der Waals surface area (Å²) in [4.78, 5) is 4.60. The highest BCUT2D eigenvalue weighted by atomic mass is 32.2. The van der Waals surface area contributed by atoms with Gasteiger partial charge in [0.15, 0.2) is 0 Å². The summed E-state index contributed by atoms with van der Waals surface area (Å²) in [5.74, 6) is -3.02. The highest BCUT2D eigenvalue weighted by Crippen LogP contribution is 2.23. The average molecular weight is 1220 g/mol. The molecule has 0 radical (unpaired) electrons. The van der Waals surface area contributed by atoms with Crippen LogP contribution in [0.15, 0.2) is 0 Å². The number of hydrogen-bond acceptors (Lipinski definition) is 20. The van der Waals surface area contributed by atoms with E-state index in [2.05, 4.69) is 20.9 Å². The van der Waals surface area contributed by atoms with Crippen LogP contribution in [-0.2, 0) is 43.6 Å². The summed E-state index contributed by atoms with van der Waals surface area (Å²) >= 11 is 0. The molecule has 0 amide bonds. The monoisotopic (exact) mass is 1220 g/mol. The molecule has 0 aliphatic rings. The first-order valence-electron chi connectivity index (χ1n) is 30.0. The summed E-state index contributed by atoms with van der Waals surface area (Å²) < 4.78 is 122. The molecule has 0 fully saturated rings. The summed E-state index contributed by atoms with van der Waals surface area (Å²) in [6.45, 7) is 4.91. The van der Waals surface area contributed by atoms with Gasteiger partial charge in [0.2, 0.25) is 0 Å². The smallest absolute Gasteiger partial charge is 0.501 e. The number of quaternary nitrogens is 1. The van der Waals surface area contributed by atoms with Gasteiger partial charge >= 0.3 is 8.80 Å². The van der Waals surface area contributed by atoms with Crippen molar-refractivity contribution in [2.24, 2.45) is 0 Å². The van der Waals surface area contributed by atoms with E-state index < -0.39 is 74.7 Å². The molecule has 0 aliphatic heterocycles. The predicted octanol–water partition coefficient (Wildman–Crippen LogP) is 4.16. The van der Waals surface area contributed by atoms with Crippen LogP contribution in [0, 0.1) is 0 Å². The van der Waals surface area contributed by atoms with Gasteiger partial charge in [0.1, 0.15) is 5.75 Å². The lowest BCUT2D eigenvalue weighted by Gasteiger charge is -2.37. The van der Waals surface area contributed by atoms with E-state index in [0.29, 0.717) is 6.42 Å². The van der Waals surface area contributed by atoms with Gasteiger partial charge in [0.05, 0.1) is 116 Å². The largest absolute Gasteiger partial charge is 0.748 e. The first-order valence-corrected chi connectivity index (χ1v) is 36.7. The van der Waals surface area contributed by atoms with Crippen LogP contribution in [0.1, 0.15) is 174 Å². The van der Waals surface area contributed by atoms with E-state index in [4.69, 9.17) is 13.3 Å². The zero-order valence-electron chi connectivity index (χ0n) is 49.1. The number of aliphatic hydroxyl groups is 6. The molecule has 0 heterocycles. The van der Waals surface area contributed by atoms with E-state index >= 15 is 0 Å². The minimum atomic E-state index is -4.77. The van der Waals surface area contributed by atoms with Gasteiger partial charge in [-0.25, -0.2) is 16.8 Å². The van der Waals surface area contributed by atoms with Crippen LogP contribution in [-0.4, -0.2) is 258 Å². The maximum atomic E-state index is 11.6. The van der Waals surface area contributed by atoms with Crippen LogP contribution >= 0.6 is 0 Å². The Balaban J connectivity index is 6.63. The molecule has 0 bridgehead atoms. The Bertz CT molecular complexity index is 1630. The first kappa shape index (κ1) is 78.4. The van der Waals surface area contributed by atoms with Crippen molar-refractivity contribution in [2.45, 2.75) is 199 Å². The maximum absolute atomic E-state index is 11.6. The molecule has 0 aliphatic carbocycles. The van der Waals surface area contributed by atoms with Gasteiger partial charge in [-0.1, -0.05) is 142 Å².